The number of carbonyl (C=O) groups is 2. The van der Waals surface area contributed by atoms with Crippen molar-refractivity contribution in [2.45, 2.75) is 32.7 Å². The van der Waals surface area contributed by atoms with Crippen LogP contribution >= 0.6 is 0 Å². The molecule has 1 aliphatic rings. The number of nitrogens with one attached hydrogen (secondary N) is 2. The van der Waals surface area contributed by atoms with Gasteiger partial charge in [0.1, 0.15) is 5.75 Å². The minimum Gasteiger partial charge on any atom is -0.494 e. The van der Waals surface area contributed by atoms with E-state index in [9.17, 15) is 9.59 Å². The number of anilines is 2. The van der Waals surface area contributed by atoms with Crippen molar-refractivity contribution in [3.63, 3.8) is 0 Å². The van der Waals surface area contributed by atoms with Gasteiger partial charge in [-0.1, -0.05) is 19.4 Å². The monoisotopic (exact) mass is 433 g/mol. The first-order valence-corrected chi connectivity index (χ1v) is 10.9. The van der Waals surface area contributed by atoms with Gasteiger partial charge in [0.15, 0.2) is 5.76 Å². The van der Waals surface area contributed by atoms with Gasteiger partial charge in [0.2, 0.25) is 0 Å². The minimum atomic E-state index is -0.330. The molecule has 7 heteroatoms. The Kier molecular flexibility index (Phi) is 6.75. The van der Waals surface area contributed by atoms with Crippen LogP contribution in [-0.2, 0) is 13.0 Å². The lowest BCUT2D eigenvalue weighted by Gasteiger charge is -2.28. The summed E-state index contributed by atoms with van der Waals surface area (Å²) in [6, 6.07) is 16.2. The summed E-state index contributed by atoms with van der Waals surface area (Å²) in [4.78, 5) is 26.8. The molecule has 0 radical (unpaired) electrons. The molecule has 0 atom stereocenters. The summed E-state index contributed by atoms with van der Waals surface area (Å²) in [5.41, 5.74) is 3.55. The van der Waals surface area contributed by atoms with E-state index in [0.29, 0.717) is 36.8 Å². The van der Waals surface area contributed by atoms with Crippen molar-refractivity contribution in [3.05, 3.63) is 77.7 Å². The third-order valence-electron chi connectivity index (χ3n) is 5.37. The Bertz CT molecular complexity index is 1060. The van der Waals surface area contributed by atoms with Gasteiger partial charge in [-0.3, -0.25) is 4.79 Å². The molecule has 32 heavy (non-hydrogen) atoms. The average Bonchev–Trinajstić information content (AvgIpc) is 3.34. The Morgan fingerprint density at radius 2 is 1.81 bits per heavy atom. The van der Waals surface area contributed by atoms with E-state index in [1.54, 1.807) is 17.0 Å². The second-order valence-electron chi connectivity index (χ2n) is 7.74. The number of urea groups is 1. The van der Waals surface area contributed by atoms with Crippen LogP contribution in [-0.4, -0.2) is 30.0 Å². The van der Waals surface area contributed by atoms with Gasteiger partial charge in [-0.15, -0.1) is 0 Å². The molecule has 2 heterocycles. The molecule has 1 aromatic heterocycles. The standard InChI is InChI=1S/C25H27N3O4/c1-2-3-14-31-22-10-8-20(9-11-22)26-25(30)27-21-7-6-18-12-13-28(17-19(18)16-21)24(29)23-5-4-15-32-23/h4-11,15-16H,2-3,12-14,17H2,1H3,(H2,26,27,30). The lowest BCUT2D eigenvalue weighted by Crippen LogP contribution is -2.35. The van der Waals surface area contributed by atoms with E-state index in [-0.39, 0.29) is 11.9 Å². The Hall–Kier alpha value is -3.74. The van der Waals surface area contributed by atoms with Gasteiger partial charge >= 0.3 is 6.03 Å². The first-order valence-electron chi connectivity index (χ1n) is 10.9. The van der Waals surface area contributed by atoms with Gasteiger partial charge in [-0.05, 0) is 72.5 Å². The van der Waals surface area contributed by atoms with Crippen LogP contribution in [0.4, 0.5) is 16.2 Å². The summed E-state index contributed by atoms with van der Waals surface area (Å²) in [5.74, 6) is 0.996. The Morgan fingerprint density at radius 1 is 1.03 bits per heavy atom. The van der Waals surface area contributed by atoms with E-state index in [4.69, 9.17) is 9.15 Å². The zero-order chi connectivity index (χ0) is 22.3. The number of rotatable bonds is 7. The molecule has 0 spiro atoms. The van der Waals surface area contributed by atoms with Crippen molar-refractivity contribution in [3.8, 4) is 5.75 Å². The molecule has 166 valence electrons. The van der Waals surface area contributed by atoms with Crippen LogP contribution in [0.2, 0.25) is 0 Å². The first kappa shape index (κ1) is 21.5. The predicted molar refractivity (Wildman–Crippen MR) is 123 cm³/mol. The lowest BCUT2D eigenvalue weighted by atomic mass is 9.99. The summed E-state index contributed by atoms with van der Waals surface area (Å²) >= 11 is 0. The van der Waals surface area contributed by atoms with Crippen molar-refractivity contribution in [2.75, 3.05) is 23.8 Å². The Labute approximate surface area is 187 Å². The van der Waals surface area contributed by atoms with E-state index in [2.05, 4.69) is 17.6 Å². The number of fused-ring (bicyclic) bond motifs is 1. The van der Waals surface area contributed by atoms with Crippen LogP contribution in [0.25, 0.3) is 0 Å². The number of amides is 3. The summed E-state index contributed by atoms with van der Waals surface area (Å²) in [6.07, 6.45) is 4.36. The van der Waals surface area contributed by atoms with Crippen LogP contribution in [0.5, 0.6) is 5.75 Å². The number of carbonyl (C=O) groups excluding carboxylic acids is 2. The largest absolute Gasteiger partial charge is 0.494 e. The number of benzene rings is 2. The van der Waals surface area contributed by atoms with Crippen LogP contribution in [0.15, 0.2) is 65.3 Å². The Morgan fingerprint density at radius 3 is 2.56 bits per heavy atom. The predicted octanol–water partition coefficient (Wildman–Crippen LogP) is 5.30. The molecule has 3 aromatic rings. The maximum absolute atomic E-state index is 12.6. The molecule has 1 aliphatic heterocycles. The molecule has 0 unspecified atom stereocenters. The third kappa shape index (κ3) is 5.29. The molecule has 0 bridgehead atoms. The van der Waals surface area contributed by atoms with E-state index < -0.39 is 0 Å². The van der Waals surface area contributed by atoms with Crippen molar-refractivity contribution in [1.29, 1.82) is 0 Å². The van der Waals surface area contributed by atoms with Gasteiger partial charge in [-0.2, -0.15) is 0 Å². The number of hydrogen-bond donors (Lipinski definition) is 2. The summed E-state index contributed by atoms with van der Waals surface area (Å²) < 4.78 is 10.9. The van der Waals surface area contributed by atoms with Crippen molar-refractivity contribution >= 4 is 23.3 Å². The number of nitrogens with zero attached hydrogens (tertiary/aromatic N) is 1. The molecule has 0 fully saturated rings. The first-order chi connectivity index (χ1) is 15.6. The number of ether oxygens (including phenoxy) is 1. The topological polar surface area (TPSA) is 83.8 Å². The molecular weight excluding hydrogens is 406 g/mol. The molecule has 2 aromatic carbocycles. The third-order valence-corrected chi connectivity index (χ3v) is 5.37. The highest BCUT2D eigenvalue weighted by Gasteiger charge is 2.23. The molecule has 2 N–H and O–H groups in total. The van der Waals surface area contributed by atoms with Gasteiger partial charge in [0, 0.05) is 24.5 Å². The molecule has 0 saturated carbocycles. The molecule has 0 aliphatic carbocycles. The number of unbranched alkanes of at least 4 members (excludes halogenated alkanes) is 1. The average molecular weight is 434 g/mol. The quantitative estimate of drug-likeness (QED) is 0.495. The zero-order valence-corrected chi connectivity index (χ0v) is 18.1. The molecule has 0 saturated heterocycles. The normalized spacial score (nSPS) is 12.7. The van der Waals surface area contributed by atoms with E-state index in [1.807, 2.05) is 42.5 Å². The maximum atomic E-state index is 12.6. The fraction of sp³-hybridized carbons (Fsp3) is 0.280. The van der Waals surface area contributed by atoms with E-state index in [0.717, 1.165) is 30.6 Å². The fourth-order valence-corrected chi connectivity index (χ4v) is 3.63. The summed E-state index contributed by atoms with van der Waals surface area (Å²) in [6.45, 7) is 3.92. The SMILES string of the molecule is CCCCOc1ccc(NC(=O)Nc2ccc3c(c2)CN(C(=O)c2ccco2)CC3)cc1. The number of furan rings is 1. The van der Waals surface area contributed by atoms with E-state index in [1.165, 1.54) is 11.8 Å². The highest BCUT2D eigenvalue weighted by Crippen LogP contribution is 2.24. The molecule has 3 amide bonds. The van der Waals surface area contributed by atoms with Crippen molar-refractivity contribution < 1.29 is 18.7 Å². The fourth-order valence-electron chi connectivity index (χ4n) is 3.63. The molecular formula is C25H27N3O4. The van der Waals surface area contributed by atoms with Gasteiger partial charge < -0.3 is 24.7 Å². The maximum Gasteiger partial charge on any atom is 0.323 e. The molecule has 4 rings (SSSR count). The highest BCUT2D eigenvalue weighted by molar-refractivity contribution is 5.99. The zero-order valence-electron chi connectivity index (χ0n) is 18.1. The highest BCUT2D eigenvalue weighted by atomic mass is 16.5. The van der Waals surface area contributed by atoms with Gasteiger partial charge in [-0.25, -0.2) is 4.79 Å². The lowest BCUT2D eigenvalue weighted by molar-refractivity contribution is 0.0702. The van der Waals surface area contributed by atoms with E-state index >= 15 is 0 Å². The second kappa shape index (κ2) is 10.0. The van der Waals surface area contributed by atoms with Crippen LogP contribution in [0, 0.1) is 0 Å². The van der Waals surface area contributed by atoms with Crippen molar-refractivity contribution in [1.82, 2.24) is 4.90 Å². The summed E-state index contributed by atoms with van der Waals surface area (Å²) in [5, 5.41) is 5.69. The van der Waals surface area contributed by atoms with Gasteiger partial charge in [0.05, 0.1) is 12.9 Å². The van der Waals surface area contributed by atoms with Crippen LogP contribution < -0.4 is 15.4 Å². The Balaban J connectivity index is 1.34. The number of hydrogen-bond acceptors (Lipinski definition) is 4. The summed E-state index contributed by atoms with van der Waals surface area (Å²) in [7, 11) is 0. The molecule has 7 nitrogen and oxygen atoms in total. The van der Waals surface area contributed by atoms with Crippen LogP contribution in [0.1, 0.15) is 41.4 Å². The van der Waals surface area contributed by atoms with Crippen LogP contribution in [0.3, 0.4) is 0 Å². The minimum absolute atomic E-state index is 0.126. The second-order valence-corrected chi connectivity index (χ2v) is 7.74. The van der Waals surface area contributed by atoms with Crippen molar-refractivity contribution in [2.24, 2.45) is 0 Å². The smallest absolute Gasteiger partial charge is 0.323 e. The van der Waals surface area contributed by atoms with Gasteiger partial charge in [0.25, 0.3) is 5.91 Å².